The minimum atomic E-state index is -0.0496. The van der Waals surface area contributed by atoms with Gasteiger partial charge >= 0.3 is 6.03 Å². The largest absolute Gasteiger partial charge is 0.355 e. The van der Waals surface area contributed by atoms with Crippen LogP contribution in [0.5, 0.6) is 0 Å². The number of likely N-dealkylation sites (tertiary alicyclic amines) is 2. The third-order valence-corrected chi connectivity index (χ3v) is 4.47. The summed E-state index contributed by atoms with van der Waals surface area (Å²) in [7, 11) is 0. The standard InChI is InChI=1S/C16H30N4O2/c1-2-7-17-8-9-18-15(21)14-6-5-12-20(13-14)16(22)19-10-3-4-11-19/h14,17H,2-13H2,1H3,(H,18,21). The van der Waals surface area contributed by atoms with Gasteiger partial charge in [-0.1, -0.05) is 6.92 Å². The van der Waals surface area contributed by atoms with Crippen LogP contribution in [0.1, 0.15) is 39.0 Å². The van der Waals surface area contributed by atoms with E-state index in [1.165, 1.54) is 0 Å². The molecule has 3 amide bonds. The van der Waals surface area contributed by atoms with E-state index in [4.69, 9.17) is 0 Å². The van der Waals surface area contributed by atoms with Crippen LogP contribution in [-0.4, -0.2) is 67.6 Å². The minimum absolute atomic E-state index is 0.0496. The molecule has 0 aliphatic carbocycles. The van der Waals surface area contributed by atoms with Gasteiger partial charge < -0.3 is 20.4 Å². The molecule has 126 valence electrons. The van der Waals surface area contributed by atoms with Crippen molar-refractivity contribution in [3.63, 3.8) is 0 Å². The molecule has 2 fully saturated rings. The Labute approximate surface area is 133 Å². The SMILES string of the molecule is CCCNCCNC(=O)C1CCCN(C(=O)N2CCCC2)C1. The predicted octanol–water partition coefficient (Wildman–Crippen LogP) is 1.03. The number of carbonyl (C=O) groups is 2. The summed E-state index contributed by atoms with van der Waals surface area (Å²) in [5, 5.41) is 6.26. The summed E-state index contributed by atoms with van der Waals surface area (Å²) in [6.45, 7) is 7.68. The first kappa shape index (κ1) is 17.1. The van der Waals surface area contributed by atoms with Gasteiger partial charge in [-0.3, -0.25) is 4.79 Å². The Morgan fingerprint density at radius 1 is 1.00 bits per heavy atom. The highest BCUT2D eigenvalue weighted by Crippen LogP contribution is 2.19. The van der Waals surface area contributed by atoms with Gasteiger partial charge in [0.1, 0.15) is 0 Å². The van der Waals surface area contributed by atoms with Gasteiger partial charge in [0.2, 0.25) is 5.91 Å². The molecule has 0 aromatic heterocycles. The first-order valence-corrected chi connectivity index (χ1v) is 8.74. The van der Waals surface area contributed by atoms with Crippen molar-refractivity contribution in [2.45, 2.75) is 39.0 Å². The zero-order valence-corrected chi connectivity index (χ0v) is 13.8. The van der Waals surface area contributed by atoms with Crippen molar-refractivity contribution in [1.29, 1.82) is 0 Å². The number of amides is 3. The quantitative estimate of drug-likeness (QED) is 0.720. The molecule has 0 radical (unpaired) electrons. The highest BCUT2D eigenvalue weighted by Gasteiger charge is 2.31. The van der Waals surface area contributed by atoms with Crippen LogP contribution in [0, 0.1) is 5.92 Å². The number of nitrogens with one attached hydrogen (secondary N) is 2. The fourth-order valence-corrected chi connectivity index (χ4v) is 3.19. The molecule has 22 heavy (non-hydrogen) atoms. The zero-order chi connectivity index (χ0) is 15.8. The normalized spacial score (nSPS) is 22.0. The number of rotatable bonds is 6. The van der Waals surface area contributed by atoms with Crippen LogP contribution in [0.2, 0.25) is 0 Å². The Hall–Kier alpha value is -1.30. The number of carbonyl (C=O) groups excluding carboxylic acids is 2. The molecule has 0 aromatic rings. The van der Waals surface area contributed by atoms with Crippen LogP contribution in [0.4, 0.5) is 4.79 Å². The smallest absolute Gasteiger partial charge is 0.320 e. The Morgan fingerprint density at radius 3 is 2.45 bits per heavy atom. The van der Waals surface area contributed by atoms with Gasteiger partial charge in [-0.25, -0.2) is 4.79 Å². The van der Waals surface area contributed by atoms with E-state index in [1.54, 1.807) is 0 Å². The van der Waals surface area contributed by atoms with Gasteiger partial charge in [-0.15, -0.1) is 0 Å². The van der Waals surface area contributed by atoms with Crippen molar-refractivity contribution in [2.24, 2.45) is 5.92 Å². The molecule has 0 bridgehead atoms. The molecule has 2 N–H and O–H groups in total. The minimum Gasteiger partial charge on any atom is -0.355 e. The van der Waals surface area contributed by atoms with Gasteiger partial charge in [-0.05, 0) is 38.6 Å². The average molecular weight is 310 g/mol. The molecule has 6 heteroatoms. The molecule has 0 spiro atoms. The van der Waals surface area contributed by atoms with E-state index in [0.717, 1.165) is 64.8 Å². The van der Waals surface area contributed by atoms with Gasteiger partial charge in [0.25, 0.3) is 0 Å². The molecule has 0 aromatic carbocycles. The molecule has 6 nitrogen and oxygen atoms in total. The fraction of sp³-hybridized carbons (Fsp3) is 0.875. The third kappa shape index (κ3) is 4.87. The predicted molar refractivity (Wildman–Crippen MR) is 86.7 cm³/mol. The number of hydrogen-bond acceptors (Lipinski definition) is 3. The molecule has 2 aliphatic rings. The Bertz CT molecular complexity index is 369. The monoisotopic (exact) mass is 310 g/mol. The second-order valence-electron chi connectivity index (χ2n) is 6.30. The average Bonchev–Trinajstić information content (AvgIpc) is 3.08. The van der Waals surface area contributed by atoms with E-state index >= 15 is 0 Å². The molecule has 0 saturated carbocycles. The number of hydrogen-bond donors (Lipinski definition) is 2. The van der Waals surface area contributed by atoms with Gasteiger partial charge in [-0.2, -0.15) is 0 Å². The second kappa shape index (κ2) is 8.98. The highest BCUT2D eigenvalue weighted by atomic mass is 16.2. The zero-order valence-electron chi connectivity index (χ0n) is 13.8. The lowest BCUT2D eigenvalue weighted by molar-refractivity contribution is -0.126. The molecule has 2 saturated heterocycles. The lowest BCUT2D eigenvalue weighted by Gasteiger charge is -2.34. The van der Waals surface area contributed by atoms with E-state index in [0.29, 0.717) is 13.1 Å². The summed E-state index contributed by atoms with van der Waals surface area (Å²) >= 11 is 0. The van der Waals surface area contributed by atoms with Crippen LogP contribution in [0.15, 0.2) is 0 Å². The van der Waals surface area contributed by atoms with Crippen molar-refractivity contribution in [3.05, 3.63) is 0 Å². The van der Waals surface area contributed by atoms with Gasteiger partial charge in [0.05, 0.1) is 5.92 Å². The fourth-order valence-electron chi connectivity index (χ4n) is 3.19. The molecular formula is C16H30N4O2. The van der Waals surface area contributed by atoms with Crippen molar-refractivity contribution in [2.75, 3.05) is 45.8 Å². The molecule has 1 atom stereocenters. The maximum absolute atomic E-state index is 12.4. The Kier molecular flexibility index (Phi) is 6.96. The molecule has 2 heterocycles. The topological polar surface area (TPSA) is 64.7 Å². The van der Waals surface area contributed by atoms with E-state index in [2.05, 4.69) is 17.6 Å². The summed E-state index contributed by atoms with van der Waals surface area (Å²) in [4.78, 5) is 28.4. The third-order valence-electron chi connectivity index (χ3n) is 4.47. The molecular weight excluding hydrogens is 280 g/mol. The molecule has 2 rings (SSSR count). The lowest BCUT2D eigenvalue weighted by atomic mass is 9.97. The lowest BCUT2D eigenvalue weighted by Crippen LogP contribution is -2.50. The Balaban J connectivity index is 1.72. The summed E-state index contributed by atoms with van der Waals surface area (Å²) in [5.41, 5.74) is 0. The maximum atomic E-state index is 12.4. The highest BCUT2D eigenvalue weighted by molar-refractivity contribution is 5.81. The van der Waals surface area contributed by atoms with Crippen molar-refractivity contribution in [1.82, 2.24) is 20.4 Å². The van der Waals surface area contributed by atoms with Crippen LogP contribution < -0.4 is 10.6 Å². The number of piperidine rings is 1. The van der Waals surface area contributed by atoms with E-state index in [9.17, 15) is 9.59 Å². The summed E-state index contributed by atoms with van der Waals surface area (Å²) in [6.07, 6.45) is 5.12. The maximum Gasteiger partial charge on any atom is 0.320 e. The number of nitrogens with zero attached hydrogens (tertiary/aromatic N) is 2. The molecule has 2 aliphatic heterocycles. The second-order valence-corrected chi connectivity index (χ2v) is 6.30. The summed E-state index contributed by atoms with van der Waals surface area (Å²) in [6, 6.07) is 0.125. The van der Waals surface area contributed by atoms with Gasteiger partial charge in [0, 0.05) is 39.3 Å². The van der Waals surface area contributed by atoms with E-state index < -0.39 is 0 Å². The first-order chi connectivity index (χ1) is 10.7. The summed E-state index contributed by atoms with van der Waals surface area (Å²) < 4.78 is 0. The Morgan fingerprint density at radius 2 is 1.73 bits per heavy atom. The first-order valence-electron chi connectivity index (χ1n) is 8.74. The number of urea groups is 1. The summed E-state index contributed by atoms with van der Waals surface area (Å²) in [5.74, 6) is 0.0451. The van der Waals surface area contributed by atoms with Gasteiger partial charge in [0.15, 0.2) is 0 Å². The van der Waals surface area contributed by atoms with Crippen molar-refractivity contribution >= 4 is 11.9 Å². The van der Waals surface area contributed by atoms with E-state index in [-0.39, 0.29) is 17.9 Å². The van der Waals surface area contributed by atoms with E-state index in [1.807, 2.05) is 9.80 Å². The van der Waals surface area contributed by atoms with Crippen molar-refractivity contribution < 1.29 is 9.59 Å². The van der Waals surface area contributed by atoms with Crippen LogP contribution >= 0.6 is 0 Å². The van der Waals surface area contributed by atoms with Crippen LogP contribution in [-0.2, 0) is 4.79 Å². The van der Waals surface area contributed by atoms with Crippen molar-refractivity contribution in [3.8, 4) is 0 Å². The molecule has 1 unspecified atom stereocenters. The van der Waals surface area contributed by atoms with Crippen LogP contribution in [0.25, 0.3) is 0 Å². The van der Waals surface area contributed by atoms with Crippen LogP contribution in [0.3, 0.4) is 0 Å².